The Balaban J connectivity index is 2.95. The van der Waals surface area contributed by atoms with Crippen LogP contribution in [0.1, 0.15) is 19.0 Å². The number of rotatable bonds is 6. The zero-order valence-electron chi connectivity index (χ0n) is 11.6. The first kappa shape index (κ1) is 15.4. The summed E-state index contributed by atoms with van der Waals surface area (Å²) in [5.74, 6) is 0.762. The van der Waals surface area contributed by atoms with Gasteiger partial charge >= 0.3 is 0 Å². The number of likely N-dealkylation sites (N-methyl/N-ethyl adjacent to an activating group) is 1. The largest absolute Gasteiger partial charge is 0.388 e. The van der Waals surface area contributed by atoms with E-state index in [0.29, 0.717) is 12.2 Å². The van der Waals surface area contributed by atoms with E-state index in [0.717, 1.165) is 18.8 Å². The molecule has 6 heteroatoms. The van der Waals surface area contributed by atoms with Crippen LogP contribution in [0.2, 0.25) is 0 Å². The minimum absolute atomic E-state index is 0.0379. The molecule has 0 aliphatic rings. The maximum Gasteiger partial charge on any atom is 0.241 e. The number of carbonyl (C=O) groups excluding carboxylic acids is 1. The predicted octanol–water partition coefficient (Wildman–Crippen LogP) is 1.02. The van der Waals surface area contributed by atoms with Gasteiger partial charge in [-0.1, -0.05) is 25.2 Å². The quantitative estimate of drug-likeness (QED) is 0.788. The Hall–Kier alpha value is -1.69. The normalized spacial score (nSPS) is 10.1. The SMILES string of the molecule is CCCN(CC(=O)N(C)C)c1cccc(C(N)=S)n1. The van der Waals surface area contributed by atoms with Crippen LogP contribution >= 0.6 is 12.2 Å². The Kier molecular flexibility index (Phi) is 5.69. The van der Waals surface area contributed by atoms with Gasteiger partial charge in [0.15, 0.2) is 0 Å². The van der Waals surface area contributed by atoms with Crippen molar-refractivity contribution in [3.63, 3.8) is 0 Å². The number of amides is 1. The minimum atomic E-state index is 0.0379. The van der Waals surface area contributed by atoms with Gasteiger partial charge in [0.1, 0.15) is 10.8 Å². The third-order valence-electron chi connectivity index (χ3n) is 2.63. The predicted molar refractivity (Wildman–Crippen MR) is 81.3 cm³/mol. The van der Waals surface area contributed by atoms with Crippen LogP contribution in [-0.2, 0) is 4.79 Å². The van der Waals surface area contributed by atoms with Crippen molar-refractivity contribution in [2.24, 2.45) is 5.73 Å². The number of carbonyl (C=O) groups is 1. The van der Waals surface area contributed by atoms with Crippen LogP contribution in [0.4, 0.5) is 5.82 Å². The highest BCUT2D eigenvalue weighted by atomic mass is 32.1. The molecule has 0 aliphatic carbocycles. The molecule has 19 heavy (non-hydrogen) atoms. The summed E-state index contributed by atoms with van der Waals surface area (Å²) >= 11 is 4.92. The summed E-state index contributed by atoms with van der Waals surface area (Å²) in [6, 6.07) is 5.48. The van der Waals surface area contributed by atoms with Crippen LogP contribution in [0, 0.1) is 0 Å². The maximum absolute atomic E-state index is 11.8. The van der Waals surface area contributed by atoms with Crippen molar-refractivity contribution in [2.45, 2.75) is 13.3 Å². The van der Waals surface area contributed by atoms with Gasteiger partial charge in [-0.25, -0.2) is 4.98 Å². The number of anilines is 1. The highest BCUT2D eigenvalue weighted by Gasteiger charge is 2.14. The molecule has 1 amide bonds. The molecule has 0 aromatic carbocycles. The van der Waals surface area contributed by atoms with E-state index in [1.54, 1.807) is 25.1 Å². The van der Waals surface area contributed by atoms with E-state index in [1.807, 2.05) is 17.0 Å². The molecule has 1 aromatic rings. The molecule has 0 aliphatic heterocycles. The molecule has 1 aromatic heterocycles. The molecule has 5 nitrogen and oxygen atoms in total. The highest BCUT2D eigenvalue weighted by Crippen LogP contribution is 2.12. The lowest BCUT2D eigenvalue weighted by Crippen LogP contribution is -2.37. The lowest BCUT2D eigenvalue weighted by Gasteiger charge is -2.24. The van der Waals surface area contributed by atoms with Crippen LogP contribution in [0.5, 0.6) is 0 Å². The molecular weight excluding hydrogens is 260 g/mol. The van der Waals surface area contributed by atoms with E-state index in [2.05, 4.69) is 11.9 Å². The Labute approximate surface area is 119 Å². The van der Waals surface area contributed by atoms with Gasteiger partial charge in [-0.3, -0.25) is 4.79 Å². The van der Waals surface area contributed by atoms with Gasteiger partial charge < -0.3 is 15.5 Å². The fourth-order valence-corrected chi connectivity index (χ4v) is 1.70. The molecular formula is C13H20N4OS. The number of nitrogens with zero attached hydrogens (tertiary/aromatic N) is 3. The van der Waals surface area contributed by atoms with Crippen molar-refractivity contribution in [3.05, 3.63) is 23.9 Å². The Morgan fingerprint density at radius 3 is 2.63 bits per heavy atom. The van der Waals surface area contributed by atoms with Crippen LogP contribution < -0.4 is 10.6 Å². The van der Waals surface area contributed by atoms with Crippen molar-refractivity contribution in [3.8, 4) is 0 Å². The van der Waals surface area contributed by atoms with Gasteiger partial charge in [-0.05, 0) is 18.6 Å². The van der Waals surface area contributed by atoms with Crippen LogP contribution in [0.15, 0.2) is 18.2 Å². The average Bonchev–Trinajstić information content (AvgIpc) is 2.38. The summed E-state index contributed by atoms with van der Waals surface area (Å²) in [5, 5.41) is 0. The van der Waals surface area contributed by atoms with E-state index >= 15 is 0 Å². The van der Waals surface area contributed by atoms with Gasteiger partial charge in [-0.2, -0.15) is 0 Å². The molecule has 0 spiro atoms. The minimum Gasteiger partial charge on any atom is -0.388 e. The van der Waals surface area contributed by atoms with E-state index in [-0.39, 0.29) is 10.9 Å². The van der Waals surface area contributed by atoms with Crippen LogP contribution in [0.3, 0.4) is 0 Å². The first-order chi connectivity index (χ1) is 8.95. The third-order valence-corrected chi connectivity index (χ3v) is 2.84. The summed E-state index contributed by atoms with van der Waals surface area (Å²) in [6.07, 6.45) is 0.930. The zero-order valence-corrected chi connectivity index (χ0v) is 12.4. The molecule has 0 bridgehead atoms. The maximum atomic E-state index is 11.8. The molecule has 0 saturated carbocycles. The van der Waals surface area contributed by atoms with Gasteiger partial charge in [0.25, 0.3) is 0 Å². The first-order valence-corrected chi connectivity index (χ1v) is 6.58. The number of hydrogen-bond donors (Lipinski definition) is 1. The smallest absolute Gasteiger partial charge is 0.241 e. The number of thiocarbonyl (C=S) groups is 1. The van der Waals surface area contributed by atoms with E-state index in [1.165, 1.54) is 0 Å². The summed E-state index contributed by atoms with van der Waals surface area (Å²) in [6.45, 7) is 3.12. The molecule has 1 rings (SSSR count). The number of aromatic nitrogens is 1. The Morgan fingerprint density at radius 2 is 2.11 bits per heavy atom. The van der Waals surface area contributed by atoms with Gasteiger partial charge in [-0.15, -0.1) is 0 Å². The summed E-state index contributed by atoms with van der Waals surface area (Å²) < 4.78 is 0. The van der Waals surface area contributed by atoms with Crippen LogP contribution in [-0.4, -0.2) is 48.0 Å². The summed E-state index contributed by atoms with van der Waals surface area (Å²) in [4.78, 5) is 20.0. The molecule has 0 unspecified atom stereocenters. The van der Waals surface area contributed by atoms with Crippen molar-refractivity contribution >= 4 is 28.9 Å². The molecule has 0 radical (unpaired) electrons. The summed E-state index contributed by atoms with van der Waals surface area (Å²) in [7, 11) is 3.48. The average molecular weight is 280 g/mol. The lowest BCUT2D eigenvalue weighted by atomic mass is 10.3. The standard InChI is InChI=1S/C13H20N4OS/c1-4-8-17(9-12(18)16(2)3)11-7-5-6-10(15-11)13(14)19/h5-7H,4,8-9H2,1-3H3,(H2,14,19). The van der Waals surface area contributed by atoms with E-state index in [9.17, 15) is 4.79 Å². The van der Waals surface area contributed by atoms with E-state index in [4.69, 9.17) is 18.0 Å². The molecule has 1 heterocycles. The number of nitrogens with two attached hydrogens (primary N) is 1. The Morgan fingerprint density at radius 1 is 1.42 bits per heavy atom. The number of hydrogen-bond acceptors (Lipinski definition) is 4. The molecule has 0 saturated heterocycles. The zero-order chi connectivity index (χ0) is 14.4. The molecule has 2 N–H and O–H groups in total. The van der Waals surface area contributed by atoms with Gasteiger partial charge in [0.2, 0.25) is 5.91 Å². The van der Waals surface area contributed by atoms with Crippen molar-refractivity contribution in [1.82, 2.24) is 9.88 Å². The second kappa shape index (κ2) is 7.04. The topological polar surface area (TPSA) is 62.5 Å². The van der Waals surface area contributed by atoms with Crippen LogP contribution in [0.25, 0.3) is 0 Å². The molecule has 0 fully saturated rings. The fourth-order valence-electron chi connectivity index (χ4n) is 1.59. The molecule has 0 atom stereocenters. The summed E-state index contributed by atoms with van der Waals surface area (Å²) in [5.41, 5.74) is 6.16. The van der Waals surface area contributed by atoms with Crippen molar-refractivity contribution in [1.29, 1.82) is 0 Å². The third kappa shape index (κ3) is 4.48. The van der Waals surface area contributed by atoms with Gasteiger partial charge in [0, 0.05) is 20.6 Å². The number of pyridine rings is 1. The monoisotopic (exact) mass is 280 g/mol. The van der Waals surface area contributed by atoms with Gasteiger partial charge in [0.05, 0.1) is 12.2 Å². The lowest BCUT2D eigenvalue weighted by molar-refractivity contribution is -0.127. The van der Waals surface area contributed by atoms with Crippen molar-refractivity contribution < 1.29 is 4.79 Å². The van der Waals surface area contributed by atoms with Crippen molar-refractivity contribution in [2.75, 3.05) is 32.1 Å². The second-order valence-electron chi connectivity index (χ2n) is 4.45. The first-order valence-electron chi connectivity index (χ1n) is 6.17. The highest BCUT2D eigenvalue weighted by molar-refractivity contribution is 7.80. The Bertz CT molecular complexity index is 462. The second-order valence-corrected chi connectivity index (χ2v) is 4.89. The van der Waals surface area contributed by atoms with E-state index < -0.39 is 0 Å². The fraction of sp³-hybridized carbons (Fsp3) is 0.462. The molecule has 104 valence electrons.